The maximum atomic E-state index is 10.1. The molecule has 3 heteroatoms. The lowest BCUT2D eigenvalue weighted by Crippen LogP contribution is -1.94. The van der Waals surface area contributed by atoms with Crippen molar-refractivity contribution in [3.05, 3.63) is 36.6 Å². The molecule has 0 bridgehead atoms. The third-order valence-corrected chi connectivity index (χ3v) is 0.794. The van der Waals surface area contributed by atoms with Crippen LogP contribution in [0.5, 0.6) is 0 Å². The fourth-order valence-electron chi connectivity index (χ4n) is 0.307. The summed E-state index contributed by atoms with van der Waals surface area (Å²) in [7, 11) is 0. The molecule has 0 spiro atoms. The topological polar surface area (TPSA) is 63.3 Å². The van der Waals surface area contributed by atoms with Gasteiger partial charge in [0, 0.05) is 0 Å². The number of allylic oxidation sites excluding steroid dienone is 2. The minimum Gasteiger partial charge on any atom is -0.478 e. The summed E-state index contributed by atoms with van der Waals surface area (Å²) in [6.45, 7) is 3.26. The standard InChI is InChI=1S/C7H9NO2/c1-6(7(9)10)4-2-3-5-8/h2-5H,1,8H2,(H,9,10)/b4-2-,5-3-. The van der Waals surface area contributed by atoms with E-state index in [2.05, 4.69) is 6.58 Å². The van der Waals surface area contributed by atoms with Crippen LogP contribution in [0, 0.1) is 0 Å². The van der Waals surface area contributed by atoms with E-state index in [9.17, 15) is 4.79 Å². The second kappa shape index (κ2) is 4.38. The summed E-state index contributed by atoms with van der Waals surface area (Å²) in [6.07, 6.45) is 5.71. The van der Waals surface area contributed by atoms with Gasteiger partial charge in [-0.15, -0.1) is 0 Å². The van der Waals surface area contributed by atoms with Gasteiger partial charge in [-0.2, -0.15) is 0 Å². The van der Waals surface area contributed by atoms with Gasteiger partial charge in [-0.3, -0.25) is 0 Å². The molecule has 0 fully saturated rings. The molecule has 0 saturated carbocycles. The molecule has 0 radical (unpaired) electrons. The number of hydrogen-bond donors (Lipinski definition) is 2. The molecule has 0 aromatic rings. The van der Waals surface area contributed by atoms with Crippen molar-refractivity contribution < 1.29 is 9.90 Å². The third kappa shape index (κ3) is 3.49. The average molecular weight is 139 g/mol. The van der Waals surface area contributed by atoms with Crippen LogP contribution in [0.2, 0.25) is 0 Å². The van der Waals surface area contributed by atoms with Crippen molar-refractivity contribution in [3.8, 4) is 0 Å². The van der Waals surface area contributed by atoms with E-state index in [-0.39, 0.29) is 5.57 Å². The lowest BCUT2D eigenvalue weighted by Gasteiger charge is -1.85. The Bertz CT molecular complexity index is 192. The van der Waals surface area contributed by atoms with Gasteiger partial charge in [0.15, 0.2) is 0 Å². The monoisotopic (exact) mass is 139 g/mol. The fourth-order valence-corrected chi connectivity index (χ4v) is 0.307. The molecule has 0 saturated heterocycles. The summed E-state index contributed by atoms with van der Waals surface area (Å²) in [5.41, 5.74) is 5.02. The lowest BCUT2D eigenvalue weighted by molar-refractivity contribution is -0.132. The van der Waals surface area contributed by atoms with Gasteiger partial charge in [0.05, 0.1) is 5.57 Å². The van der Waals surface area contributed by atoms with Crippen LogP contribution in [-0.4, -0.2) is 11.1 Å². The first-order chi connectivity index (χ1) is 4.68. The second-order valence-corrected chi connectivity index (χ2v) is 1.57. The molecule has 0 rings (SSSR count). The number of carboxylic acid groups (broad SMARTS) is 1. The summed E-state index contributed by atoms with van der Waals surface area (Å²) >= 11 is 0. The molecule has 0 aliphatic rings. The number of rotatable bonds is 3. The van der Waals surface area contributed by atoms with Crippen LogP contribution in [0.15, 0.2) is 36.6 Å². The Morgan fingerprint density at radius 3 is 2.50 bits per heavy atom. The zero-order valence-electron chi connectivity index (χ0n) is 5.45. The highest BCUT2D eigenvalue weighted by Crippen LogP contribution is 1.91. The summed E-state index contributed by atoms with van der Waals surface area (Å²) in [4.78, 5) is 10.1. The molecule has 0 aliphatic heterocycles. The molecule has 0 amide bonds. The predicted molar refractivity (Wildman–Crippen MR) is 39.2 cm³/mol. The Hall–Kier alpha value is -1.51. The van der Waals surface area contributed by atoms with Gasteiger partial charge in [-0.1, -0.05) is 12.7 Å². The first-order valence-electron chi connectivity index (χ1n) is 2.65. The molecule has 0 atom stereocenters. The van der Waals surface area contributed by atoms with E-state index in [1.54, 1.807) is 0 Å². The normalized spacial score (nSPS) is 10.8. The van der Waals surface area contributed by atoms with Crippen molar-refractivity contribution in [2.24, 2.45) is 5.73 Å². The van der Waals surface area contributed by atoms with E-state index < -0.39 is 5.97 Å². The molecule has 0 aromatic heterocycles. The highest BCUT2D eigenvalue weighted by Gasteiger charge is 1.95. The highest BCUT2D eigenvalue weighted by atomic mass is 16.4. The summed E-state index contributed by atoms with van der Waals surface area (Å²) in [6, 6.07) is 0. The highest BCUT2D eigenvalue weighted by molar-refractivity contribution is 5.88. The predicted octanol–water partition coefficient (Wildman–Crippen LogP) is 0.656. The molecular weight excluding hydrogens is 130 g/mol. The first kappa shape index (κ1) is 8.49. The van der Waals surface area contributed by atoms with Crippen molar-refractivity contribution in [2.45, 2.75) is 0 Å². The summed E-state index contributed by atoms with van der Waals surface area (Å²) in [5, 5.41) is 8.28. The largest absolute Gasteiger partial charge is 0.478 e. The van der Waals surface area contributed by atoms with Gasteiger partial charge in [-0.25, -0.2) is 4.79 Å². The van der Waals surface area contributed by atoms with Gasteiger partial charge in [0.1, 0.15) is 0 Å². The van der Waals surface area contributed by atoms with Crippen molar-refractivity contribution in [2.75, 3.05) is 0 Å². The Morgan fingerprint density at radius 2 is 2.10 bits per heavy atom. The molecule has 3 N–H and O–H groups in total. The van der Waals surface area contributed by atoms with Crippen LogP contribution in [-0.2, 0) is 4.79 Å². The lowest BCUT2D eigenvalue weighted by atomic mass is 10.3. The Kier molecular flexibility index (Phi) is 3.72. The van der Waals surface area contributed by atoms with Crippen LogP contribution in [0.1, 0.15) is 0 Å². The van der Waals surface area contributed by atoms with Gasteiger partial charge in [0.2, 0.25) is 0 Å². The Morgan fingerprint density at radius 1 is 1.50 bits per heavy atom. The SMILES string of the molecule is C=C(/C=C\C=C/N)C(=O)O. The minimum absolute atomic E-state index is 0.0399. The second-order valence-electron chi connectivity index (χ2n) is 1.57. The average Bonchev–Trinajstić information content (AvgIpc) is 1.88. The van der Waals surface area contributed by atoms with E-state index in [1.165, 1.54) is 24.4 Å². The summed E-state index contributed by atoms with van der Waals surface area (Å²) < 4.78 is 0. The van der Waals surface area contributed by atoms with Crippen molar-refractivity contribution in [1.82, 2.24) is 0 Å². The van der Waals surface area contributed by atoms with Crippen LogP contribution in [0.25, 0.3) is 0 Å². The molecular formula is C7H9NO2. The van der Waals surface area contributed by atoms with E-state index in [4.69, 9.17) is 10.8 Å². The maximum absolute atomic E-state index is 10.1. The number of carbonyl (C=O) groups is 1. The van der Waals surface area contributed by atoms with Gasteiger partial charge in [0.25, 0.3) is 0 Å². The quantitative estimate of drug-likeness (QED) is 0.446. The number of aliphatic carboxylic acids is 1. The van der Waals surface area contributed by atoms with E-state index >= 15 is 0 Å². The van der Waals surface area contributed by atoms with Crippen LogP contribution in [0.3, 0.4) is 0 Å². The molecule has 3 nitrogen and oxygen atoms in total. The van der Waals surface area contributed by atoms with E-state index in [0.717, 1.165) is 0 Å². The van der Waals surface area contributed by atoms with Gasteiger partial charge >= 0.3 is 5.97 Å². The minimum atomic E-state index is -1.03. The van der Waals surface area contributed by atoms with Crippen molar-refractivity contribution in [3.63, 3.8) is 0 Å². The van der Waals surface area contributed by atoms with Crippen molar-refractivity contribution >= 4 is 5.97 Å². The van der Waals surface area contributed by atoms with Crippen LogP contribution >= 0.6 is 0 Å². The first-order valence-corrected chi connectivity index (χ1v) is 2.65. The molecule has 54 valence electrons. The molecule has 0 unspecified atom stereocenters. The smallest absolute Gasteiger partial charge is 0.335 e. The fraction of sp³-hybridized carbons (Fsp3) is 0. The van der Waals surface area contributed by atoms with Gasteiger partial charge < -0.3 is 10.8 Å². The van der Waals surface area contributed by atoms with Crippen molar-refractivity contribution in [1.29, 1.82) is 0 Å². The van der Waals surface area contributed by atoms with E-state index in [1.807, 2.05) is 0 Å². The molecule has 0 aliphatic carbocycles. The van der Waals surface area contributed by atoms with Crippen LogP contribution < -0.4 is 5.73 Å². The van der Waals surface area contributed by atoms with E-state index in [0.29, 0.717) is 0 Å². The molecule has 10 heavy (non-hydrogen) atoms. The van der Waals surface area contributed by atoms with Gasteiger partial charge in [-0.05, 0) is 18.4 Å². The number of hydrogen-bond acceptors (Lipinski definition) is 2. The zero-order valence-corrected chi connectivity index (χ0v) is 5.45. The molecule has 0 aromatic carbocycles. The number of carboxylic acids is 1. The Labute approximate surface area is 59.2 Å². The third-order valence-electron chi connectivity index (χ3n) is 0.794. The molecule has 0 heterocycles. The Balaban J connectivity index is 3.90. The number of nitrogens with two attached hydrogens (primary N) is 1. The maximum Gasteiger partial charge on any atom is 0.335 e. The van der Waals surface area contributed by atoms with Crippen LogP contribution in [0.4, 0.5) is 0 Å². The zero-order chi connectivity index (χ0) is 7.98. The summed E-state index contributed by atoms with van der Waals surface area (Å²) in [5.74, 6) is -1.03.